The van der Waals surface area contributed by atoms with Crippen molar-refractivity contribution in [1.29, 1.82) is 0 Å². The molecule has 0 unspecified atom stereocenters. The number of rotatable bonds is 3. The predicted molar refractivity (Wildman–Crippen MR) is 95.4 cm³/mol. The number of aromatic carboxylic acids is 2. The molecular weight excluding hydrogens is 350 g/mol. The fourth-order valence-electron chi connectivity index (χ4n) is 3.35. The standard InChI is InChI=1S/C20H11NO6/c22-17-13-6-3-5-10-11(19(24)25)8-9-14(16(10)13)18(23)21(17)15-7-2-1-4-12(15)20(26)27/h1-9H,(H,24,25)(H,26,27). The molecule has 0 saturated carbocycles. The number of benzene rings is 3. The number of hydrogen-bond acceptors (Lipinski definition) is 4. The minimum atomic E-state index is -1.27. The molecule has 0 aromatic heterocycles. The van der Waals surface area contributed by atoms with E-state index in [0.717, 1.165) is 4.90 Å². The van der Waals surface area contributed by atoms with Crippen LogP contribution in [-0.4, -0.2) is 34.0 Å². The second kappa shape index (κ2) is 5.77. The number of nitrogens with zero attached hydrogens (tertiary/aromatic N) is 1. The molecule has 0 spiro atoms. The summed E-state index contributed by atoms with van der Waals surface area (Å²) in [4.78, 5) is 49.9. The van der Waals surface area contributed by atoms with Gasteiger partial charge in [-0.1, -0.05) is 24.3 Å². The van der Waals surface area contributed by atoms with Gasteiger partial charge in [0, 0.05) is 16.5 Å². The molecule has 132 valence electrons. The second-order valence-corrected chi connectivity index (χ2v) is 5.96. The van der Waals surface area contributed by atoms with Crippen LogP contribution in [0.25, 0.3) is 10.8 Å². The van der Waals surface area contributed by atoms with E-state index >= 15 is 0 Å². The van der Waals surface area contributed by atoms with Gasteiger partial charge in [-0.3, -0.25) is 9.59 Å². The van der Waals surface area contributed by atoms with Crippen molar-refractivity contribution >= 4 is 40.2 Å². The summed E-state index contributed by atoms with van der Waals surface area (Å²) in [6.45, 7) is 0. The fraction of sp³-hybridized carbons (Fsp3) is 0. The number of anilines is 1. The summed E-state index contributed by atoms with van der Waals surface area (Å²) < 4.78 is 0. The van der Waals surface area contributed by atoms with Crippen molar-refractivity contribution in [1.82, 2.24) is 0 Å². The topological polar surface area (TPSA) is 112 Å². The van der Waals surface area contributed by atoms with Gasteiger partial charge in [-0.2, -0.15) is 0 Å². The number of imide groups is 1. The number of hydrogen-bond donors (Lipinski definition) is 2. The molecule has 7 nitrogen and oxygen atoms in total. The zero-order chi connectivity index (χ0) is 19.3. The van der Waals surface area contributed by atoms with E-state index in [2.05, 4.69) is 0 Å². The molecular formula is C20H11NO6. The van der Waals surface area contributed by atoms with Crippen molar-refractivity contribution in [2.75, 3.05) is 4.90 Å². The van der Waals surface area contributed by atoms with Crippen LogP contribution in [0.2, 0.25) is 0 Å². The summed E-state index contributed by atoms with van der Waals surface area (Å²) in [6.07, 6.45) is 0. The van der Waals surface area contributed by atoms with Crippen LogP contribution < -0.4 is 4.90 Å². The Bertz CT molecular complexity index is 1160. The molecule has 4 rings (SSSR count). The van der Waals surface area contributed by atoms with Crippen LogP contribution in [0, 0.1) is 0 Å². The number of carboxylic acid groups (broad SMARTS) is 2. The third-order valence-corrected chi connectivity index (χ3v) is 4.51. The Morgan fingerprint density at radius 1 is 0.704 bits per heavy atom. The molecule has 7 heteroatoms. The maximum Gasteiger partial charge on any atom is 0.337 e. The van der Waals surface area contributed by atoms with E-state index in [4.69, 9.17) is 0 Å². The number of para-hydroxylation sites is 1. The molecule has 0 radical (unpaired) electrons. The van der Waals surface area contributed by atoms with E-state index < -0.39 is 23.8 Å². The molecule has 0 saturated heterocycles. The van der Waals surface area contributed by atoms with Gasteiger partial charge in [0.05, 0.1) is 16.8 Å². The van der Waals surface area contributed by atoms with Crippen LogP contribution in [0.1, 0.15) is 41.4 Å². The van der Waals surface area contributed by atoms with Crippen molar-refractivity contribution in [2.24, 2.45) is 0 Å². The van der Waals surface area contributed by atoms with Gasteiger partial charge >= 0.3 is 11.9 Å². The summed E-state index contributed by atoms with van der Waals surface area (Å²) in [5.74, 6) is -3.84. The van der Waals surface area contributed by atoms with Crippen molar-refractivity contribution < 1.29 is 29.4 Å². The lowest BCUT2D eigenvalue weighted by Crippen LogP contribution is -2.41. The first-order valence-electron chi connectivity index (χ1n) is 7.92. The highest BCUT2D eigenvalue weighted by molar-refractivity contribution is 6.37. The molecule has 2 amide bonds. The average Bonchev–Trinajstić information content (AvgIpc) is 2.65. The third-order valence-electron chi connectivity index (χ3n) is 4.51. The Morgan fingerprint density at radius 3 is 2.00 bits per heavy atom. The van der Waals surface area contributed by atoms with E-state index in [0.29, 0.717) is 0 Å². The van der Waals surface area contributed by atoms with Crippen LogP contribution in [-0.2, 0) is 0 Å². The molecule has 0 aliphatic carbocycles. The molecule has 1 aliphatic rings. The summed E-state index contributed by atoms with van der Waals surface area (Å²) in [5, 5.41) is 19.3. The summed E-state index contributed by atoms with van der Waals surface area (Å²) in [5.41, 5.74) is 0.0494. The summed E-state index contributed by atoms with van der Waals surface area (Å²) in [7, 11) is 0. The third kappa shape index (κ3) is 2.29. The zero-order valence-corrected chi connectivity index (χ0v) is 13.7. The number of amides is 2. The van der Waals surface area contributed by atoms with Gasteiger partial charge < -0.3 is 10.2 Å². The molecule has 27 heavy (non-hydrogen) atoms. The SMILES string of the molecule is O=C(O)c1ccccc1N1C(=O)c2cccc3c(C(=O)O)ccc(c23)C1=O. The van der Waals surface area contributed by atoms with Gasteiger partial charge in [-0.05, 0) is 35.7 Å². The van der Waals surface area contributed by atoms with Crippen molar-refractivity contribution in [3.05, 3.63) is 76.9 Å². The Kier molecular flexibility index (Phi) is 3.52. The van der Waals surface area contributed by atoms with E-state index in [1.165, 1.54) is 54.6 Å². The molecule has 0 atom stereocenters. The molecule has 3 aromatic carbocycles. The Labute approximate surface area is 152 Å². The zero-order valence-electron chi connectivity index (χ0n) is 13.7. The average molecular weight is 361 g/mol. The smallest absolute Gasteiger partial charge is 0.337 e. The highest BCUT2D eigenvalue weighted by Crippen LogP contribution is 2.35. The lowest BCUT2D eigenvalue weighted by molar-refractivity contribution is 0.0686. The molecule has 3 aromatic rings. The monoisotopic (exact) mass is 361 g/mol. The van der Waals surface area contributed by atoms with Crippen molar-refractivity contribution in [3.8, 4) is 0 Å². The lowest BCUT2D eigenvalue weighted by Gasteiger charge is -2.28. The van der Waals surface area contributed by atoms with Crippen LogP contribution >= 0.6 is 0 Å². The second-order valence-electron chi connectivity index (χ2n) is 5.96. The minimum Gasteiger partial charge on any atom is -0.478 e. The normalized spacial score (nSPS) is 13.1. The quantitative estimate of drug-likeness (QED) is 0.694. The maximum absolute atomic E-state index is 13.0. The Balaban J connectivity index is 2.01. The van der Waals surface area contributed by atoms with Crippen LogP contribution in [0.5, 0.6) is 0 Å². The van der Waals surface area contributed by atoms with Crippen molar-refractivity contribution in [3.63, 3.8) is 0 Å². The predicted octanol–water partition coefficient (Wildman–Crippen LogP) is 3.04. The first-order valence-corrected chi connectivity index (χ1v) is 7.92. The molecule has 1 aliphatic heterocycles. The molecule has 0 fully saturated rings. The van der Waals surface area contributed by atoms with Gasteiger partial charge in [0.1, 0.15) is 0 Å². The van der Waals surface area contributed by atoms with E-state index in [1.54, 1.807) is 0 Å². The Morgan fingerprint density at radius 2 is 1.33 bits per heavy atom. The van der Waals surface area contributed by atoms with Gasteiger partial charge in [0.2, 0.25) is 0 Å². The van der Waals surface area contributed by atoms with E-state index in [1.807, 2.05) is 0 Å². The van der Waals surface area contributed by atoms with E-state index in [-0.39, 0.29) is 38.7 Å². The number of carboxylic acids is 2. The highest BCUT2D eigenvalue weighted by atomic mass is 16.4. The molecule has 0 bridgehead atoms. The number of carbonyl (C=O) groups excluding carboxylic acids is 2. The first kappa shape index (κ1) is 16.5. The highest BCUT2D eigenvalue weighted by Gasteiger charge is 2.36. The van der Waals surface area contributed by atoms with Gasteiger partial charge in [-0.25, -0.2) is 14.5 Å². The van der Waals surface area contributed by atoms with Gasteiger partial charge in [0.15, 0.2) is 0 Å². The molecule has 1 heterocycles. The van der Waals surface area contributed by atoms with Crippen molar-refractivity contribution in [2.45, 2.75) is 0 Å². The summed E-state index contributed by atoms with van der Waals surface area (Å²) in [6, 6.07) is 12.9. The maximum atomic E-state index is 13.0. The minimum absolute atomic E-state index is 0.0180. The van der Waals surface area contributed by atoms with Gasteiger partial charge in [-0.15, -0.1) is 0 Å². The summed E-state index contributed by atoms with van der Waals surface area (Å²) >= 11 is 0. The lowest BCUT2D eigenvalue weighted by atomic mass is 9.90. The Hall–Kier alpha value is -4.00. The molecule has 2 N–H and O–H groups in total. The van der Waals surface area contributed by atoms with Crippen LogP contribution in [0.4, 0.5) is 5.69 Å². The van der Waals surface area contributed by atoms with Crippen LogP contribution in [0.15, 0.2) is 54.6 Å². The van der Waals surface area contributed by atoms with Gasteiger partial charge in [0.25, 0.3) is 11.8 Å². The first-order chi connectivity index (χ1) is 12.9. The number of carbonyl (C=O) groups is 4. The van der Waals surface area contributed by atoms with Crippen LogP contribution in [0.3, 0.4) is 0 Å². The largest absolute Gasteiger partial charge is 0.478 e. The van der Waals surface area contributed by atoms with E-state index in [9.17, 15) is 29.4 Å². The fourth-order valence-corrected chi connectivity index (χ4v) is 3.35.